The fourth-order valence-electron chi connectivity index (χ4n) is 1.56. The number of aromatic carboxylic acids is 1. The van der Waals surface area contributed by atoms with Crippen molar-refractivity contribution in [2.75, 3.05) is 0 Å². The maximum atomic E-state index is 10.7. The van der Waals surface area contributed by atoms with E-state index in [1.165, 1.54) is 0 Å². The highest BCUT2D eigenvalue weighted by Gasteiger charge is 2.11. The van der Waals surface area contributed by atoms with Crippen molar-refractivity contribution in [2.24, 2.45) is 0 Å². The summed E-state index contributed by atoms with van der Waals surface area (Å²) in [5, 5.41) is 8.77. The quantitative estimate of drug-likeness (QED) is 0.855. The molecule has 0 saturated heterocycles. The van der Waals surface area contributed by atoms with E-state index in [0.29, 0.717) is 0 Å². The number of nitrogens with zero attached hydrogens (tertiary/aromatic N) is 2. The molecule has 0 amide bonds. The first-order chi connectivity index (χ1) is 7.68. The molecular weight excluding hydrogens is 204 g/mol. The van der Waals surface area contributed by atoms with Crippen LogP contribution in [0.5, 0.6) is 0 Å². The molecule has 0 bridgehead atoms. The van der Waals surface area contributed by atoms with E-state index in [4.69, 9.17) is 5.11 Å². The Bertz CT molecular complexity index is 491. The summed E-state index contributed by atoms with van der Waals surface area (Å²) in [6, 6.07) is 9.96. The van der Waals surface area contributed by atoms with Crippen molar-refractivity contribution >= 4 is 5.97 Å². The molecular formula is C12H12N2O2. The number of carboxylic acid groups (broad SMARTS) is 1. The van der Waals surface area contributed by atoms with Gasteiger partial charge in [0.05, 0.1) is 12.4 Å². The summed E-state index contributed by atoms with van der Waals surface area (Å²) >= 11 is 0. The van der Waals surface area contributed by atoms with Crippen LogP contribution in [-0.4, -0.2) is 20.6 Å². The number of hydrogen-bond acceptors (Lipinski definition) is 2. The highest BCUT2D eigenvalue weighted by atomic mass is 16.4. The van der Waals surface area contributed by atoms with Gasteiger partial charge in [-0.1, -0.05) is 30.3 Å². The summed E-state index contributed by atoms with van der Waals surface area (Å²) in [6.07, 6.45) is 3.08. The number of hydrogen-bond donors (Lipinski definition) is 1. The van der Waals surface area contributed by atoms with Crippen LogP contribution in [0.2, 0.25) is 0 Å². The second-order valence-electron chi connectivity index (χ2n) is 3.60. The van der Waals surface area contributed by atoms with Crippen LogP contribution in [0.25, 0.3) is 0 Å². The molecule has 0 aliphatic heterocycles. The van der Waals surface area contributed by atoms with E-state index in [2.05, 4.69) is 4.98 Å². The maximum absolute atomic E-state index is 10.7. The first kappa shape index (κ1) is 10.4. The minimum atomic E-state index is -1.00. The molecule has 2 aromatic rings. The molecule has 0 fully saturated rings. The second-order valence-corrected chi connectivity index (χ2v) is 3.60. The average Bonchev–Trinajstić information content (AvgIpc) is 2.78. The van der Waals surface area contributed by atoms with Gasteiger partial charge in [0, 0.05) is 6.20 Å². The zero-order chi connectivity index (χ0) is 11.5. The van der Waals surface area contributed by atoms with Gasteiger partial charge in [-0.05, 0) is 12.5 Å². The van der Waals surface area contributed by atoms with Gasteiger partial charge in [0.15, 0.2) is 5.69 Å². The van der Waals surface area contributed by atoms with Crippen LogP contribution in [0.15, 0.2) is 42.9 Å². The molecule has 4 nitrogen and oxygen atoms in total. The molecule has 0 saturated carbocycles. The summed E-state index contributed by atoms with van der Waals surface area (Å²) in [5.41, 5.74) is 1.19. The first-order valence-electron chi connectivity index (χ1n) is 5.00. The molecule has 4 heteroatoms. The summed E-state index contributed by atoms with van der Waals surface area (Å²) in [7, 11) is 0. The molecule has 16 heavy (non-hydrogen) atoms. The van der Waals surface area contributed by atoms with Crippen LogP contribution >= 0.6 is 0 Å². The summed E-state index contributed by atoms with van der Waals surface area (Å²) in [4.78, 5) is 14.5. The molecule has 0 radical (unpaired) electrons. The number of carbonyl (C=O) groups is 1. The third-order valence-electron chi connectivity index (χ3n) is 2.55. The highest BCUT2D eigenvalue weighted by molar-refractivity contribution is 5.84. The van der Waals surface area contributed by atoms with Gasteiger partial charge >= 0.3 is 5.97 Å². The van der Waals surface area contributed by atoms with Crippen molar-refractivity contribution < 1.29 is 9.90 Å². The van der Waals surface area contributed by atoms with Crippen molar-refractivity contribution in [3.63, 3.8) is 0 Å². The predicted octanol–water partition coefficient (Wildman–Crippen LogP) is 2.19. The number of aromatic nitrogens is 2. The molecule has 0 aliphatic rings. The van der Waals surface area contributed by atoms with Gasteiger partial charge in [-0.3, -0.25) is 0 Å². The minimum Gasteiger partial charge on any atom is -0.476 e. The van der Waals surface area contributed by atoms with E-state index in [1.54, 1.807) is 17.1 Å². The first-order valence-corrected chi connectivity index (χ1v) is 5.00. The smallest absolute Gasteiger partial charge is 0.356 e. The van der Waals surface area contributed by atoms with Crippen molar-refractivity contribution in [1.29, 1.82) is 0 Å². The van der Waals surface area contributed by atoms with E-state index in [1.807, 2.05) is 37.3 Å². The zero-order valence-corrected chi connectivity index (χ0v) is 8.87. The van der Waals surface area contributed by atoms with E-state index in [0.717, 1.165) is 5.56 Å². The molecule has 1 N–H and O–H groups in total. The average molecular weight is 216 g/mol. The van der Waals surface area contributed by atoms with Gasteiger partial charge in [0.1, 0.15) is 0 Å². The number of rotatable bonds is 3. The van der Waals surface area contributed by atoms with E-state index < -0.39 is 5.97 Å². The van der Waals surface area contributed by atoms with Crippen molar-refractivity contribution in [1.82, 2.24) is 9.55 Å². The van der Waals surface area contributed by atoms with Gasteiger partial charge < -0.3 is 9.67 Å². The van der Waals surface area contributed by atoms with Gasteiger partial charge in [-0.25, -0.2) is 9.78 Å². The van der Waals surface area contributed by atoms with Gasteiger partial charge in [0.25, 0.3) is 0 Å². The maximum Gasteiger partial charge on any atom is 0.356 e. The molecule has 0 spiro atoms. The molecule has 1 unspecified atom stereocenters. The lowest BCUT2D eigenvalue weighted by atomic mass is 10.1. The lowest BCUT2D eigenvalue weighted by Gasteiger charge is -2.12. The standard InChI is InChI=1S/C12H12N2O2/c1-9(10-5-3-2-4-6-10)14-7-11(12(15)16)13-8-14/h2-9H,1H3,(H,15,16). The Hall–Kier alpha value is -2.10. The van der Waals surface area contributed by atoms with Crippen LogP contribution < -0.4 is 0 Å². The van der Waals surface area contributed by atoms with Gasteiger partial charge in [-0.2, -0.15) is 0 Å². The molecule has 1 heterocycles. The van der Waals surface area contributed by atoms with E-state index in [-0.39, 0.29) is 11.7 Å². The molecule has 1 aromatic heterocycles. The van der Waals surface area contributed by atoms with Crippen molar-refractivity contribution in [3.05, 3.63) is 54.1 Å². The van der Waals surface area contributed by atoms with Crippen LogP contribution in [0.3, 0.4) is 0 Å². The third-order valence-corrected chi connectivity index (χ3v) is 2.55. The fourth-order valence-corrected chi connectivity index (χ4v) is 1.56. The van der Waals surface area contributed by atoms with Crippen molar-refractivity contribution in [3.8, 4) is 0 Å². The largest absolute Gasteiger partial charge is 0.476 e. The van der Waals surface area contributed by atoms with Gasteiger partial charge in [0.2, 0.25) is 0 Å². The lowest BCUT2D eigenvalue weighted by molar-refractivity contribution is 0.0691. The molecule has 82 valence electrons. The Labute approximate surface area is 93.2 Å². The zero-order valence-electron chi connectivity index (χ0n) is 8.87. The van der Waals surface area contributed by atoms with Crippen LogP contribution in [-0.2, 0) is 0 Å². The number of carboxylic acids is 1. The van der Waals surface area contributed by atoms with Crippen LogP contribution in [0.1, 0.15) is 29.0 Å². The van der Waals surface area contributed by atoms with E-state index in [9.17, 15) is 4.79 Å². The Kier molecular flexibility index (Phi) is 2.72. The van der Waals surface area contributed by atoms with E-state index >= 15 is 0 Å². The Balaban J connectivity index is 2.27. The Morgan fingerprint density at radius 1 is 1.38 bits per heavy atom. The Morgan fingerprint density at radius 2 is 2.06 bits per heavy atom. The number of benzene rings is 1. The second kappa shape index (κ2) is 4.18. The SMILES string of the molecule is CC(c1ccccc1)n1cnc(C(=O)O)c1. The summed E-state index contributed by atoms with van der Waals surface area (Å²) in [5.74, 6) is -1.00. The fraction of sp³-hybridized carbons (Fsp3) is 0.167. The molecule has 0 aliphatic carbocycles. The molecule has 1 atom stereocenters. The Morgan fingerprint density at radius 3 is 2.62 bits per heavy atom. The topological polar surface area (TPSA) is 55.1 Å². The third kappa shape index (κ3) is 1.95. The van der Waals surface area contributed by atoms with Gasteiger partial charge in [-0.15, -0.1) is 0 Å². The summed E-state index contributed by atoms with van der Waals surface area (Å²) in [6.45, 7) is 2.00. The van der Waals surface area contributed by atoms with Crippen LogP contribution in [0, 0.1) is 0 Å². The normalized spacial score (nSPS) is 12.3. The minimum absolute atomic E-state index is 0.0720. The van der Waals surface area contributed by atoms with Crippen molar-refractivity contribution in [2.45, 2.75) is 13.0 Å². The monoisotopic (exact) mass is 216 g/mol. The lowest BCUT2D eigenvalue weighted by Crippen LogP contribution is -2.04. The predicted molar refractivity (Wildman–Crippen MR) is 59.4 cm³/mol. The number of imidazole rings is 1. The highest BCUT2D eigenvalue weighted by Crippen LogP contribution is 2.17. The molecule has 2 rings (SSSR count). The van der Waals surface area contributed by atoms with Crippen LogP contribution in [0.4, 0.5) is 0 Å². The summed E-state index contributed by atoms with van der Waals surface area (Å²) < 4.78 is 1.79. The molecule has 1 aromatic carbocycles.